The Morgan fingerprint density at radius 3 is 2.24 bits per heavy atom. The molecule has 0 aliphatic carbocycles. The molecule has 0 aliphatic heterocycles. The fourth-order valence-corrected chi connectivity index (χ4v) is 2.22. The number of hydrogen-bond acceptors (Lipinski definition) is 5. The van der Waals surface area contributed by atoms with E-state index in [0.29, 0.717) is 11.1 Å². The Kier molecular flexibility index (Phi) is 7.84. The van der Waals surface area contributed by atoms with Gasteiger partial charge in [-0.2, -0.15) is 8.78 Å². The van der Waals surface area contributed by atoms with Gasteiger partial charge in [-0.05, 0) is 23.8 Å². The number of carbonyl (C=O) groups excluding carboxylic acids is 3. The Morgan fingerprint density at radius 1 is 1.00 bits per heavy atom. The van der Waals surface area contributed by atoms with Crippen LogP contribution in [0.15, 0.2) is 60.7 Å². The van der Waals surface area contributed by atoms with Crippen molar-refractivity contribution >= 4 is 24.0 Å². The Balaban J connectivity index is 2.08. The van der Waals surface area contributed by atoms with Gasteiger partial charge < -0.3 is 14.8 Å². The molecule has 0 radical (unpaired) electrons. The third-order valence-corrected chi connectivity index (χ3v) is 3.56. The van der Waals surface area contributed by atoms with Crippen molar-refractivity contribution in [3.8, 4) is 5.75 Å². The van der Waals surface area contributed by atoms with Crippen LogP contribution < -0.4 is 15.4 Å². The van der Waals surface area contributed by atoms with Crippen molar-refractivity contribution in [1.29, 1.82) is 0 Å². The second kappa shape index (κ2) is 10.5. The van der Waals surface area contributed by atoms with Crippen LogP contribution in [0.2, 0.25) is 0 Å². The second-order valence-corrected chi connectivity index (χ2v) is 5.58. The number of esters is 1. The molecule has 1 atom stereocenters. The lowest BCUT2D eigenvalue weighted by molar-refractivity contribution is -0.151. The fraction of sp³-hybridized carbons (Fsp3) is 0.150. The van der Waals surface area contributed by atoms with Gasteiger partial charge in [-0.15, -0.1) is 0 Å². The summed E-state index contributed by atoms with van der Waals surface area (Å²) in [6, 6.07) is 13.0. The van der Waals surface area contributed by atoms with Crippen LogP contribution in [-0.4, -0.2) is 31.6 Å². The molecule has 7 nitrogen and oxygen atoms in total. The average molecular weight is 404 g/mol. The van der Waals surface area contributed by atoms with Crippen molar-refractivity contribution in [1.82, 2.24) is 10.6 Å². The number of urea groups is 1. The minimum Gasteiger partial charge on any atom is -0.444 e. The third-order valence-electron chi connectivity index (χ3n) is 3.56. The number of hydrogen-bond donors (Lipinski definition) is 2. The van der Waals surface area contributed by atoms with Crippen molar-refractivity contribution in [2.75, 3.05) is 7.05 Å². The highest BCUT2D eigenvalue weighted by Crippen LogP contribution is 2.19. The molecule has 0 saturated heterocycles. The van der Waals surface area contributed by atoms with Crippen LogP contribution in [0.1, 0.15) is 17.2 Å². The van der Waals surface area contributed by atoms with Gasteiger partial charge in [0.1, 0.15) is 5.75 Å². The highest BCUT2D eigenvalue weighted by Gasteiger charge is 2.25. The SMILES string of the molecule is CNC(=O)NC(=O)[C@@H](OC(=O)/C=C/c1ccc(OC(F)F)cc1)c1ccccc1. The molecule has 3 amide bonds. The van der Waals surface area contributed by atoms with Crippen molar-refractivity contribution in [2.24, 2.45) is 0 Å². The van der Waals surface area contributed by atoms with E-state index in [-0.39, 0.29) is 5.75 Å². The summed E-state index contributed by atoms with van der Waals surface area (Å²) in [5.41, 5.74) is 0.902. The number of benzene rings is 2. The van der Waals surface area contributed by atoms with E-state index in [1.807, 2.05) is 0 Å². The first kappa shape index (κ1) is 21.5. The average Bonchev–Trinajstić information content (AvgIpc) is 2.71. The van der Waals surface area contributed by atoms with Gasteiger partial charge in [0.25, 0.3) is 5.91 Å². The summed E-state index contributed by atoms with van der Waals surface area (Å²) in [7, 11) is 1.34. The van der Waals surface area contributed by atoms with Crippen molar-refractivity contribution in [3.63, 3.8) is 0 Å². The topological polar surface area (TPSA) is 93.7 Å². The van der Waals surface area contributed by atoms with E-state index in [4.69, 9.17) is 4.74 Å². The Morgan fingerprint density at radius 2 is 1.66 bits per heavy atom. The van der Waals surface area contributed by atoms with Gasteiger partial charge in [0, 0.05) is 18.7 Å². The summed E-state index contributed by atoms with van der Waals surface area (Å²) >= 11 is 0. The molecule has 0 heterocycles. The van der Waals surface area contributed by atoms with Gasteiger partial charge in [0.05, 0.1) is 0 Å². The van der Waals surface area contributed by atoms with Crippen LogP contribution >= 0.6 is 0 Å². The molecule has 2 N–H and O–H groups in total. The maximum Gasteiger partial charge on any atom is 0.387 e. The molecule has 152 valence electrons. The van der Waals surface area contributed by atoms with E-state index in [0.717, 1.165) is 6.08 Å². The van der Waals surface area contributed by atoms with E-state index in [9.17, 15) is 23.2 Å². The van der Waals surface area contributed by atoms with E-state index in [1.54, 1.807) is 30.3 Å². The predicted octanol–water partition coefficient (Wildman–Crippen LogP) is 3.04. The number of rotatable bonds is 7. The summed E-state index contributed by atoms with van der Waals surface area (Å²) in [4.78, 5) is 35.9. The summed E-state index contributed by atoms with van der Waals surface area (Å²) in [5.74, 6) is -1.67. The van der Waals surface area contributed by atoms with Gasteiger partial charge in [0.15, 0.2) is 0 Å². The first-order valence-corrected chi connectivity index (χ1v) is 8.40. The van der Waals surface area contributed by atoms with Gasteiger partial charge in [-0.3, -0.25) is 10.1 Å². The van der Waals surface area contributed by atoms with Crippen LogP contribution in [0.4, 0.5) is 13.6 Å². The normalized spacial score (nSPS) is 11.7. The smallest absolute Gasteiger partial charge is 0.387 e. The lowest BCUT2D eigenvalue weighted by Crippen LogP contribution is -2.41. The molecule has 9 heteroatoms. The predicted molar refractivity (Wildman–Crippen MR) is 100.0 cm³/mol. The van der Waals surface area contributed by atoms with Gasteiger partial charge in [-0.1, -0.05) is 42.5 Å². The summed E-state index contributed by atoms with van der Waals surface area (Å²) in [5, 5.41) is 4.30. The third kappa shape index (κ3) is 7.06. The van der Waals surface area contributed by atoms with Gasteiger partial charge in [-0.25, -0.2) is 9.59 Å². The molecule has 29 heavy (non-hydrogen) atoms. The van der Waals surface area contributed by atoms with Gasteiger partial charge in [0.2, 0.25) is 6.10 Å². The Hall–Kier alpha value is -3.75. The monoisotopic (exact) mass is 404 g/mol. The number of carbonyl (C=O) groups is 3. The van der Waals surface area contributed by atoms with Gasteiger partial charge >= 0.3 is 18.6 Å². The molecule has 0 aliphatic rings. The molecular weight excluding hydrogens is 386 g/mol. The number of imide groups is 1. The van der Waals surface area contributed by atoms with E-state index < -0.39 is 30.6 Å². The van der Waals surface area contributed by atoms with E-state index in [2.05, 4.69) is 15.4 Å². The molecule has 0 saturated carbocycles. The maximum absolute atomic E-state index is 12.3. The maximum atomic E-state index is 12.3. The summed E-state index contributed by atoms with van der Waals surface area (Å²) in [6.07, 6.45) is 1.12. The highest BCUT2D eigenvalue weighted by molar-refractivity contribution is 5.98. The molecule has 0 fully saturated rings. The number of ether oxygens (including phenoxy) is 2. The van der Waals surface area contributed by atoms with Crippen LogP contribution in [0, 0.1) is 0 Å². The number of halogens is 2. The fourth-order valence-electron chi connectivity index (χ4n) is 2.22. The van der Waals surface area contributed by atoms with Crippen molar-refractivity contribution < 1.29 is 32.6 Å². The van der Waals surface area contributed by atoms with Crippen molar-refractivity contribution in [3.05, 3.63) is 71.8 Å². The zero-order chi connectivity index (χ0) is 21.2. The lowest BCUT2D eigenvalue weighted by Gasteiger charge is -2.16. The van der Waals surface area contributed by atoms with E-state index >= 15 is 0 Å². The number of amides is 3. The largest absolute Gasteiger partial charge is 0.444 e. The minimum absolute atomic E-state index is 0.0188. The summed E-state index contributed by atoms with van der Waals surface area (Å²) < 4.78 is 33.7. The molecule has 2 aromatic rings. The van der Waals surface area contributed by atoms with Crippen LogP contribution in [-0.2, 0) is 14.3 Å². The molecule has 0 spiro atoms. The molecule has 2 rings (SSSR count). The zero-order valence-electron chi connectivity index (χ0n) is 15.3. The minimum atomic E-state index is -2.93. The van der Waals surface area contributed by atoms with Crippen LogP contribution in [0.5, 0.6) is 5.75 Å². The lowest BCUT2D eigenvalue weighted by atomic mass is 10.1. The molecule has 0 bridgehead atoms. The number of alkyl halides is 2. The van der Waals surface area contributed by atoms with Crippen molar-refractivity contribution in [2.45, 2.75) is 12.7 Å². The van der Waals surface area contributed by atoms with E-state index in [1.165, 1.54) is 37.4 Å². The zero-order valence-corrected chi connectivity index (χ0v) is 15.3. The quantitative estimate of drug-likeness (QED) is 0.547. The van der Waals surface area contributed by atoms with Crippen LogP contribution in [0.3, 0.4) is 0 Å². The molecule has 0 aromatic heterocycles. The first-order chi connectivity index (χ1) is 13.9. The Labute approximate surface area is 165 Å². The highest BCUT2D eigenvalue weighted by atomic mass is 19.3. The van der Waals surface area contributed by atoms with Crippen LogP contribution in [0.25, 0.3) is 6.08 Å². The Bertz CT molecular complexity index is 870. The summed E-state index contributed by atoms with van der Waals surface area (Å²) in [6.45, 7) is -2.93. The molecule has 2 aromatic carbocycles. The first-order valence-electron chi connectivity index (χ1n) is 8.40. The standard InChI is InChI=1S/C20H18F2N2O5/c1-23-20(27)24-18(26)17(14-5-3-2-4-6-14)29-16(25)12-9-13-7-10-15(11-8-13)28-19(21)22/h2-12,17,19H,1H3,(H2,23,24,26,27)/b12-9+/t17-/m0/s1. The molecular formula is C20H18F2N2O5. The second-order valence-electron chi connectivity index (χ2n) is 5.58. The molecule has 0 unspecified atom stereocenters. The number of nitrogens with one attached hydrogen (secondary N) is 2.